The number of nitrogen functional groups attached to an aromatic ring is 1. The second-order valence-corrected chi connectivity index (χ2v) is 7.32. The van der Waals surface area contributed by atoms with Crippen LogP contribution in [0.3, 0.4) is 0 Å². The van der Waals surface area contributed by atoms with Gasteiger partial charge in [0.05, 0.1) is 6.67 Å². The molecule has 8 nitrogen and oxygen atoms in total. The molecular weight excluding hydrogens is 416 g/mol. The molecule has 2 N–H and O–H groups in total. The molecule has 3 aromatic rings. The number of benzene rings is 1. The van der Waals surface area contributed by atoms with Crippen molar-refractivity contribution in [1.29, 1.82) is 0 Å². The second kappa shape index (κ2) is 9.32. The van der Waals surface area contributed by atoms with Crippen LogP contribution in [-0.2, 0) is 4.79 Å². The number of carbonyl (C=O) groups is 1. The van der Waals surface area contributed by atoms with Crippen molar-refractivity contribution in [1.82, 2.24) is 19.3 Å². The second-order valence-electron chi connectivity index (χ2n) is 7.32. The van der Waals surface area contributed by atoms with E-state index in [1.165, 1.54) is 6.08 Å². The summed E-state index contributed by atoms with van der Waals surface area (Å²) in [4.78, 5) is 24.9. The van der Waals surface area contributed by atoms with Crippen LogP contribution in [0.4, 0.5) is 11.8 Å². The highest BCUT2D eigenvalue weighted by Gasteiger charge is 2.27. The molecule has 0 saturated carbocycles. The number of carbonyl (C=O) groups excluding carboxylic acids is 1. The summed E-state index contributed by atoms with van der Waals surface area (Å²) in [5, 5.41) is 0. The van der Waals surface area contributed by atoms with Gasteiger partial charge in [-0.05, 0) is 55.5 Å². The van der Waals surface area contributed by atoms with Crippen LogP contribution in [0.15, 0.2) is 73.3 Å². The number of fused-ring (bicyclic) bond motifs is 1. The van der Waals surface area contributed by atoms with Gasteiger partial charge in [0, 0.05) is 31.0 Å². The van der Waals surface area contributed by atoms with E-state index in [4.69, 9.17) is 21.9 Å². The monoisotopic (exact) mass is 440 g/mol. The van der Waals surface area contributed by atoms with Gasteiger partial charge < -0.3 is 20.3 Å². The third-order valence-corrected chi connectivity index (χ3v) is 5.31. The SMILES string of the molecule is C#C/C=C\C(=C/C)Oc1ccc(-c2nc(N3CCN(C(=O)C=C)C3)n3ccnc(N)c23)cc1. The van der Waals surface area contributed by atoms with Crippen LogP contribution in [-0.4, -0.2) is 44.9 Å². The highest BCUT2D eigenvalue weighted by molar-refractivity contribution is 5.89. The maximum Gasteiger partial charge on any atom is 0.247 e. The van der Waals surface area contributed by atoms with E-state index in [0.29, 0.717) is 54.2 Å². The molecule has 0 unspecified atom stereocenters. The van der Waals surface area contributed by atoms with Gasteiger partial charge in [-0.25, -0.2) is 9.97 Å². The molecule has 1 aliphatic heterocycles. The van der Waals surface area contributed by atoms with Crippen LogP contribution in [0.2, 0.25) is 0 Å². The van der Waals surface area contributed by atoms with Crippen molar-refractivity contribution < 1.29 is 9.53 Å². The Morgan fingerprint density at radius 2 is 2.09 bits per heavy atom. The van der Waals surface area contributed by atoms with Crippen LogP contribution in [0, 0.1) is 12.3 Å². The van der Waals surface area contributed by atoms with Crippen LogP contribution in [0.25, 0.3) is 16.8 Å². The third kappa shape index (κ3) is 4.29. The van der Waals surface area contributed by atoms with Crippen molar-refractivity contribution in [3.63, 3.8) is 0 Å². The Labute approximate surface area is 192 Å². The van der Waals surface area contributed by atoms with Gasteiger partial charge >= 0.3 is 0 Å². The fourth-order valence-corrected chi connectivity index (χ4v) is 3.67. The maximum absolute atomic E-state index is 12.0. The number of allylic oxidation sites excluding steroid dienone is 3. The summed E-state index contributed by atoms with van der Waals surface area (Å²) in [5.41, 5.74) is 8.52. The predicted molar refractivity (Wildman–Crippen MR) is 129 cm³/mol. The summed E-state index contributed by atoms with van der Waals surface area (Å²) >= 11 is 0. The lowest BCUT2D eigenvalue weighted by atomic mass is 10.1. The van der Waals surface area contributed by atoms with E-state index in [0.717, 1.165) is 5.56 Å². The zero-order valence-electron chi connectivity index (χ0n) is 18.3. The van der Waals surface area contributed by atoms with Crippen molar-refractivity contribution in [3.05, 3.63) is 73.3 Å². The van der Waals surface area contributed by atoms with Gasteiger partial charge in [0.1, 0.15) is 28.5 Å². The summed E-state index contributed by atoms with van der Waals surface area (Å²) < 4.78 is 7.77. The molecule has 1 amide bonds. The molecule has 0 atom stereocenters. The molecule has 1 saturated heterocycles. The van der Waals surface area contributed by atoms with Gasteiger partial charge in [-0.2, -0.15) is 0 Å². The van der Waals surface area contributed by atoms with Crippen molar-refractivity contribution in [2.45, 2.75) is 6.92 Å². The van der Waals surface area contributed by atoms with Crippen LogP contribution in [0.5, 0.6) is 5.75 Å². The van der Waals surface area contributed by atoms with E-state index < -0.39 is 0 Å². The van der Waals surface area contributed by atoms with E-state index in [1.807, 2.05) is 52.8 Å². The van der Waals surface area contributed by atoms with Crippen LogP contribution in [0.1, 0.15) is 6.92 Å². The Bertz CT molecular complexity index is 1300. The first-order chi connectivity index (χ1) is 16.0. The molecule has 0 aliphatic carbocycles. The molecule has 2 aromatic heterocycles. The molecule has 33 heavy (non-hydrogen) atoms. The number of hydrogen-bond donors (Lipinski definition) is 1. The summed E-state index contributed by atoms with van der Waals surface area (Å²) in [6.45, 7) is 7.13. The maximum atomic E-state index is 12.0. The number of nitrogens with two attached hydrogens (primary N) is 1. The summed E-state index contributed by atoms with van der Waals surface area (Å²) in [5.74, 6) is 4.74. The Balaban J connectivity index is 1.68. The molecule has 0 bridgehead atoms. The lowest BCUT2D eigenvalue weighted by molar-refractivity contribution is -0.124. The minimum atomic E-state index is -0.104. The van der Waals surface area contributed by atoms with Gasteiger partial charge in [-0.3, -0.25) is 9.20 Å². The average Bonchev–Trinajstić information content (AvgIpc) is 3.47. The largest absolute Gasteiger partial charge is 0.458 e. The topological polar surface area (TPSA) is 89.0 Å². The number of nitrogens with zero attached hydrogens (tertiary/aromatic N) is 5. The highest BCUT2D eigenvalue weighted by atomic mass is 16.5. The van der Waals surface area contributed by atoms with Gasteiger partial charge in [0.15, 0.2) is 0 Å². The van der Waals surface area contributed by atoms with Crippen molar-refractivity contribution in [2.75, 3.05) is 30.4 Å². The Kier molecular flexibility index (Phi) is 6.13. The Morgan fingerprint density at radius 1 is 1.30 bits per heavy atom. The van der Waals surface area contributed by atoms with Gasteiger partial charge in [-0.1, -0.05) is 12.5 Å². The molecular formula is C25H24N6O2. The first kappa shape index (κ1) is 21.7. The minimum absolute atomic E-state index is 0.104. The van der Waals surface area contributed by atoms with Gasteiger partial charge in [0.25, 0.3) is 0 Å². The minimum Gasteiger partial charge on any atom is -0.458 e. The van der Waals surface area contributed by atoms with Gasteiger partial charge in [-0.15, -0.1) is 6.42 Å². The Hall–Kier alpha value is -4.51. The van der Waals surface area contributed by atoms with Crippen molar-refractivity contribution in [2.24, 2.45) is 0 Å². The van der Waals surface area contributed by atoms with E-state index in [2.05, 4.69) is 17.5 Å². The van der Waals surface area contributed by atoms with E-state index >= 15 is 0 Å². The molecule has 166 valence electrons. The van der Waals surface area contributed by atoms with Crippen LogP contribution >= 0.6 is 0 Å². The fourth-order valence-electron chi connectivity index (χ4n) is 3.67. The molecule has 0 spiro atoms. The summed E-state index contributed by atoms with van der Waals surface area (Å²) in [6, 6.07) is 7.56. The molecule has 8 heteroatoms. The van der Waals surface area contributed by atoms with E-state index in [1.54, 1.807) is 23.2 Å². The normalized spacial score (nSPS) is 14.1. The lowest BCUT2D eigenvalue weighted by Crippen LogP contribution is -2.30. The molecule has 1 fully saturated rings. The van der Waals surface area contributed by atoms with Crippen LogP contribution < -0.4 is 15.4 Å². The Morgan fingerprint density at radius 3 is 2.79 bits per heavy atom. The highest BCUT2D eigenvalue weighted by Crippen LogP contribution is 2.33. The van der Waals surface area contributed by atoms with Gasteiger partial charge in [0.2, 0.25) is 11.9 Å². The predicted octanol–water partition coefficient (Wildman–Crippen LogP) is 3.24. The quantitative estimate of drug-likeness (QED) is 0.274. The number of amides is 1. The number of imidazole rings is 1. The number of aromatic nitrogens is 3. The third-order valence-electron chi connectivity index (χ3n) is 5.31. The first-order valence-electron chi connectivity index (χ1n) is 10.4. The number of anilines is 2. The number of terminal acetylenes is 1. The average molecular weight is 441 g/mol. The smallest absolute Gasteiger partial charge is 0.247 e. The van der Waals surface area contributed by atoms with E-state index in [-0.39, 0.29) is 5.91 Å². The zero-order chi connectivity index (χ0) is 23.4. The number of rotatable bonds is 6. The zero-order valence-corrected chi connectivity index (χ0v) is 18.3. The number of ether oxygens (including phenoxy) is 1. The standard InChI is InChI=1S/C25H24N6O2/c1-4-7-8-19(5-2)33-20-11-9-18(10-12-20)22-23-24(26)27-13-14-31(23)25(28-22)30-16-15-29(17-30)21(32)6-3/h1,5-14H,3,15-17H2,2H3,(H2,26,27)/b8-7-,19-5+. The van der Waals surface area contributed by atoms with Crippen molar-refractivity contribution in [3.8, 4) is 29.4 Å². The molecule has 1 aromatic carbocycles. The molecule has 0 radical (unpaired) electrons. The van der Waals surface area contributed by atoms with Crippen molar-refractivity contribution >= 4 is 23.2 Å². The van der Waals surface area contributed by atoms with E-state index in [9.17, 15) is 4.79 Å². The first-order valence-corrected chi connectivity index (χ1v) is 10.4. The molecule has 3 heterocycles. The summed E-state index contributed by atoms with van der Waals surface area (Å²) in [7, 11) is 0. The lowest BCUT2D eigenvalue weighted by Gasteiger charge is -2.17. The molecule has 4 rings (SSSR count). The molecule has 1 aliphatic rings. The fraction of sp³-hybridized carbons (Fsp3) is 0.160. The summed E-state index contributed by atoms with van der Waals surface area (Å²) in [6.07, 6.45) is 15.2. The number of hydrogen-bond acceptors (Lipinski definition) is 6.